The molecule has 8 heteroatoms. The fraction of sp³-hybridized carbons (Fsp3) is 0.333. The Hall–Kier alpha value is -3.68. The van der Waals surface area contributed by atoms with E-state index in [1.807, 2.05) is 0 Å². The van der Waals surface area contributed by atoms with Gasteiger partial charge in [0.1, 0.15) is 0 Å². The average molecular weight is 438 g/mol. The maximum absolute atomic E-state index is 12.6. The Morgan fingerprint density at radius 1 is 1.34 bits per heavy atom. The summed E-state index contributed by atoms with van der Waals surface area (Å²) in [7, 11) is 3.16. The number of carbonyl (C=O) groups excluding carboxylic acids is 2. The van der Waals surface area contributed by atoms with Gasteiger partial charge in [0.05, 0.1) is 30.4 Å². The average Bonchev–Trinajstić information content (AvgIpc) is 3.63. The summed E-state index contributed by atoms with van der Waals surface area (Å²) in [6.45, 7) is 7.35. The fourth-order valence-electron chi connectivity index (χ4n) is 3.05. The Morgan fingerprint density at radius 2 is 2.06 bits per heavy atom. The number of hydrazone groups is 1. The van der Waals surface area contributed by atoms with Gasteiger partial charge in [0, 0.05) is 36.2 Å². The predicted octanol–water partition coefficient (Wildman–Crippen LogP) is 3.53. The summed E-state index contributed by atoms with van der Waals surface area (Å²) in [4.78, 5) is 24.7. The van der Waals surface area contributed by atoms with Crippen LogP contribution in [0.5, 0.6) is 5.75 Å². The van der Waals surface area contributed by atoms with Gasteiger partial charge in [-0.15, -0.1) is 0 Å². The Morgan fingerprint density at radius 3 is 2.62 bits per heavy atom. The van der Waals surface area contributed by atoms with Crippen LogP contribution >= 0.6 is 0 Å². The second kappa shape index (κ2) is 11.6. The fourth-order valence-corrected chi connectivity index (χ4v) is 3.05. The molecule has 0 spiro atoms. The molecular weight excluding hydrogens is 406 g/mol. The standard InChI is InChI=1S/C24H31N5O3/c1-6-17(22(30)7-2)21(13-15(3)28-24(31)16-11-12-16)29-20-10-8-9-18(23(20)32-5)19(25)14-27-26-4/h6,8-10,13-14,16,25-26,29H,1,7,11-12H2,2-5H3,(H,28,31)/b15-13+,21-17-,25-19?,27-14-. The smallest absolute Gasteiger partial charge is 0.227 e. The molecule has 0 heterocycles. The lowest BCUT2D eigenvalue weighted by molar-refractivity contribution is -0.121. The second-order valence-electron chi connectivity index (χ2n) is 7.31. The number of hydrogen-bond donors (Lipinski definition) is 4. The molecule has 1 fully saturated rings. The van der Waals surface area contributed by atoms with Crippen molar-refractivity contribution >= 4 is 29.3 Å². The normalized spacial score (nSPS) is 14.4. The van der Waals surface area contributed by atoms with Gasteiger partial charge >= 0.3 is 0 Å². The molecule has 0 saturated heterocycles. The van der Waals surface area contributed by atoms with Gasteiger partial charge in [0.25, 0.3) is 0 Å². The molecule has 1 saturated carbocycles. The number of ether oxygens (including phenoxy) is 1. The first-order valence-electron chi connectivity index (χ1n) is 10.5. The van der Waals surface area contributed by atoms with Crippen molar-refractivity contribution in [2.45, 2.75) is 33.1 Å². The second-order valence-corrected chi connectivity index (χ2v) is 7.31. The lowest BCUT2D eigenvalue weighted by atomic mass is 10.0. The lowest BCUT2D eigenvalue weighted by Gasteiger charge is -2.17. The van der Waals surface area contributed by atoms with E-state index < -0.39 is 0 Å². The van der Waals surface area contributed by atoms with E-state index >= 15 is 0 Å². The quantitative estimate of drug-likeness (QED) is 0.173. The van der Waals surface area contributed by atoms with Crippen molar-refractivity contribution in [3.8, 4) is 5.75 Å². The van der Waals surface area contributed by atoms with Crippen LogP contribution in [0, 0.1) is 11.3 Å². The number of Topliss-reactive ketones (excluding diaryl/α,β-unsaturated/α-hetero) is 1. The molecule has 0 aliphatic heterocycles. The number of ketones is 1. The first-order valence-corrected chi connectivity index (χ1v) is 10.5. The molecule has 2 rings (SSSR count). The number of nitrogens with one attached hydrogen (secondary N) is 4. The first kappa shape index (κ1) is 24.6. The van der Waals surface area contributed by atoms with E-state index in [-0.39, 0.29) is 23.3 Å². The third-order valence-corrected chi connectivity index (χ3v) is 4.85. The summed E-state index contributed by atoms with van der Waals surface area (Å²) in [5.74, 6) is 0.385. The van der Waals surface area contributed by atoms with Crippen molar-refractivity contribution in [1.82, 2.24) is 10.7 Å². The van der Waals surface area contributed by atoms with Crippen molar-refractivity contribution in [2.24, 2.45) is 11.0 Å². The van der Waals surface area contributed by atoms with E-state index in [4.69, 9.17) is 10.1 Å². The summed E-state index contributed by atoms with van der Waals surface area (Å²) in [6.07, 6.45) is 6.70. The number of amides is 1. The maximum Gasteiger partial charge on any atom is 0.227 e. The van der Waals surface area contributed by atoms with Gasteiger partial charge in [0.15, 0.2) is 11.5 Å². The van der Waals surface area contributed by atoms with Crippen LogP contribution < -0.4 is 20.8 Å². The van der Waals surface area contributed by atoms with Crippen LogP contribution in [-0.2, 0) is 9.59 Å². The largest absolute Gasteiger partial charge is 0.494 e. The Kier molecular flexibility index (Phi) is 8.95. The minimum absolute atomic E-state index is 0.0167. The van der Waals surface area contributed by atoms with Gasteiger partial charge in [-0.1, -0.05) is 25.6 Å². The monoisotopic (exact) mass is 437 g/mol. The van der Waals surface area contributed by atoms with Crippen molar-refractivity contribution in [1.29, 1.82) is 5.41 Å². The molecule has 0 atom stereocenters. The lowest BCUT2D eigenvalue weighted by Crippen LogP contribution is -2.23. The first-order chi connectivity index (χ1) is 15.4. The molecule has 0 radical (unpaired) electrons. The number of rotatable bonds is 12. The molecule has 1 aromatic carbocycles. The van der Waals surface area contributed by atoms with Crippen LogP contribution in [0.4, 0.5) is 5.69 Å². The number of allylic oxidation sites excluding steroid dienone is 4. The molecule has 1 aromatic rings. The molecule has 4 N–H and O–H groups in total. The number of benzene rings is 1. The van der Waals surface area contributed by atoms with Gasteiger partial charge in [-0.3, -0.25) is 15.0 Å². The summed E-state index contributed by atoms with van der Waals surface area (Å²) in [6, 6.07) is 5.31. The van der Waals surface area contributed by atoms with Crippen LogP contribution in [0.3, 0.4) is 0 Å². The van der Waals surface area contributed by atoms with Gasteiger partial charge in [-0.2, -0.15) is 5.10 Å². The zero-order valence-electron chi connectivity index (χ0n) is 19.0. The number of para-hydroxylation sites is 1. The van der Waals surface area contributed by atoms with Gasteiger partial charge in [-0.25, -0.2) is 0 Å². The zero-order valence-corrected chi connectivity index (χ0v) is 19.0. The Balaban J connectivity index is 2.49. The summed E-state index contributed by atoms with van der Waals surface area (Å²) in [5, 5.41) is 18.3. The SMILES string of the molecule is C=C/C(C(=O)CC)=C(\C=C(/C)NC(=O)C1CC1)Nc1cccc(C(=N)/C=N\NC)c1OC. The molecule has 0 aromatic heterocycles. The van der Waals surface area contributed by atoms with E-state index in [0.29, 0.717) is 40.4 Å². The molecule has 1 amide bonds. The third kappa shape index (κ3) is 6.41. The highest BCUT2D eigenvalue weighted by molar-refractivity contribution is 6.37. The van der Waals surface area contributed by atoms with Gasteiger partial charge in [-0.05, 0) is 38.0 Å². The molecule has 8 nitrogen and oxygen atoms in total. The molecule has 170 valence electrons. The molecule has 1 aliphatic rings. The van der Waals surface area contributed by atoms with Gasteiger partial charge in [0.2, 0.25) is 5.91 Å². The summed E-state index contributed by atoms with van der Waals surface area (Å²) in [5.41, 5.74) is 5.34. The number of nitrogens with zero attached hydrogens (tertiary/aromatic N) is 1. The number of anilines is 1. The van der Waals surface area contributed by atoms with Crippen LogP contribution in [0.2, 0.25) is 0 Å². The van der Waals surface area contributed by atoms with Crippen molar-refractivity contribution in [3.63, 3.8) is 0 Å². The molecule has 0 bridgehead atoms. The highest BCUT2D eigenvalue weighted by atomic mass is 16.5. The van der Waals surface area contributed by atoms with Crippen LogP contribution in [0.15, 0.2) is 59.0 Å². The highest BCUT2D eigenvalue weighted by Crippen LogP contribution is 2.32. The van der Waals surface area contributed by atoms with Crippen LogP contribution in [0.25, 0.3) is 0 Å². The van der Waals surface area contributed by atoms with Crippen molar-refractivity contribution in [3.05, 3.63) is 59.5 Å². The molecule has 1 aliphatic carbocycles. The van der Waals surface area contributed by atoms with E-state index in [0.717, 1.165) is 12.8 Å². The van der Waals surface area contributed by atoms with E-state index in [2.05, 4.69) is 27.7 Å². The van der Waals surface area contributed by atoms with Crippen molar-refractivity contribution < 1.29 is 14.3 Å². The zero-order chi connectivity index (χ0) is 23.7. The maximum atomic E-state index is 12.6. The van der Waals surface area contributed by atoms with E-state index in [1.165, 1.54) is 19.4 Å². The van der Waals surface area contributed by atoms with Gasteiger partial charge < -0.3 is 20.8 Å². The minimum atomic E-state index is -0.0934. The van der Waals surface area contributed by atoms with E-state index in [9.17, 15) is 9.59 Å². The summed E-state index contributed by atoms with van der Waals surface area (Å²) >= 11 is 0. The topological polar surface area (TPSA) is 116 Å². The van der Waals surface area contributed by atoms with Crippen LogP contribution in [-0.4, -0.2) is 37.8 Å². The minimum Gasteiger partial charge on any atom is -0.494 e. The number of carbonyl (C=O) groups is 2. The molecule has 0 unspecified atom stereocenters. The van der Waals surface area contributed by atoms with Crippen molar-refractivity contribution in [2.75, 3.05) is 19.5 Å². The molecule has 32 heavy (non-hydrogen) atoms. The highest BCUT2D eigenvalue weighted by Gasteiger charge is 2.29. The Labute approximate surface area is 189 Å². The van der Waals surface area contributed by atoms with Crippen LogP contribution in [0.1, 0.15) is 38.7 Å². The third-order valence-electron chi connectivity index (χ3n) is 4.85. The van der Waals surface area contributed by atoms with E-state index in [1.54, 1.807) is 45.2 Å². The predicted molar refractivity (Wildman–Crippen MR) is 128 cm³/mol. The number of methoxy groups -OCH3 is 1. The Bertz CT molecular complexity index is 987. The molecular formula is C24H31N5O3. The summed E-state index contributed by atoms with van der Waals surface area (Å²) < 4.78 is 5.58. The number of hydrogen-bond acceptors (Lipinski definition) is 7.